The number of pyridine rings is 1. The summed E-state index contributed by atoms with van der Waals surface area (Å²) in [5, 5.41) is 10.7. The summed E-state index contributed by atoms with van der Waals surface area (Å²) in [6.07, 6.45) is 0.670. The number of carbonyl (C=O) groups is 1. The molecule has 0 spiro atoms. The van der Waals surface area contributed by atoms with E-state index in [1.807, 2.05) is 36.1 Å². The van der Waals surface area contributed by atoms with Crippen LogP contribution in [-0.2, 0) is 4.79 Å². The first-order valence-corrected chi connectivity index (χ1v) is 6.97. The number of hydrogen-bond acceptors (Lipinski definition) is 3. The van der Waals surface area contributed by atoms with Crippen molar-refractivity contribution in [2.45, 2.75) is 13.3 Å². The maximum absolute atomic E-state index is 11.0. The van der Waals surface area contributed by atoms with Crippen LogP contribution in [-0.4, -0.2) is 29.1 Å². The molecule has 1 atom stereocenters. The van der Waals surface area contributed by atoms with Crippen LogP contribution in [0.1, 0.15) is 12.0 Å². The van der Waals surface area contributed by atoms with Crippen LogP contribution in [0.4, 0.5) is 5.82 Å². The zero-order chi connectivity index (χ0) is 14.3. The Kier molecular flexibility index (Phi) is 3.26. The molecule has 1 saturated heterocycles. The van der Waals surface area contributed by atoms with Gasteiger partial charge in [-0.15, -0.1) is 0 Å². The fourth-order valence-corrected chi connectivity index (χ4v) is 2.87. The first-order chi connectivity index (χ1) is 9.56. The number of aliphatic carboxylic acids is 1. The summed E-state index contributed by atoms with van der Waals surface area (Å²) < 4.78 is 0. The number of carboxylic acids is 1. The number of hydrogen-bond donors (Lipinski definition) is 1. The van der Waals surface area contributed by atoms with Gasteiger partial charge in [0.05, 0.1) is 11.4 Å². The fraction of sp³-hybridized carbons (Fsp3) is 0.333. The summed E-state index contributed by atoms with van der Waals surface area (Å²) in [4.78, 5) is 17.7. The average molecular weight is 291 g/mol. The number of rotatable bonds is 2. The Morgan fingerprint density at radius 2 is 2.20 bits per heavy atom. The van der Waals surface area contributed by atoms with Crippen molar-refractivity contribution in [3.8, 4) is 0 Å². The smallest absolute Gasteiger partial charge is 0.308 e. The molecule has 0 aliphatic carbocycles. The monoisotopic (exact) mass is 290 g/mol. The van der Waals surface area contributed by atoms with Crippen LogP contribution in [0.5, 0.6) is 0 Å². The standard InChI is InChI=1S/C15H15ClN2O2/c1-9-2-4-12(16)11-3-5-13(17-14(9)11)18-7-6-10(8-18)15(19)20/h2-5,10H,6-8H2,1H3,(H,19,20). The highest BCUT2D eigenvalue weighted by Gasteiger charge is 2.28. The van der Waals surface area contributed by atoms with Crippen molar-refractivity contribution in [1.29, 1.82) is 0 Å². The Morgan fingerprint density at radius 3 is 2.90 bits per heavy atom. The van der Waals surface area contributed by atoms with Crippen molar-refractivity contribution in [2.24, 2.45) is 5.92 Å². The van der Waals surface area contributed by atoms with Gasteiger partial charge in [0.25, 0.3) is 0 Å². The van der Waals surface area contributed by atoms with Crippen LogP contribution in [0, 0.1) is 12.8 Å². The summed E-state index contributed by atoms with van der Waals surface area (Å²) in [6, 6.07) is 7.70. The minimum Gasteiger partial charge on any atom is -0.481 e. The molecule has 0 amide bonds. The lowest BCUT2D eigenvalue weighted by atomic mass is 10.1. The Bertz CT molecular complexity index is 687. The minimum absolute atomic E-state index is 0.298. The predicted octanol–water partition coefficient (Wildman–Crippen LogP) is 3.11. The lowest BCUT2D eigenvalue weighted by Crippen LogP contribution is -2.23. The number of aromatic nitrogens is 1. The molecule has 2 aromatic rings. The van der Waals surface area contributed by atoms with E-state index in [0.717, 1.165) is 28.8 Å². The SMILES string of the molecule is Cc1ccc(Cl)c2ccc(N3CCC(C(=O)O)C3)nc12. The largest absolute Gasteiger partial charge is 0.481 e. The van der Waals surface area contributed by atoms with Crippen LogP contribution in [0.15, 0.2) is 24.3 Å². The molecule has 1 N–H and O–H groups in total. The van der Waals surface area contributed by atoms with Crippen molar-refractivity contribution < 1.29 is 9.90 Å². The molecule has 1 unspecified atom stereocenters. The number of nitrogens with zero attached hydrogens (tertiary/aromatic N) is 2. The van der Waals surface area contributed by atoms with E-state index < -0.39 is 5.97 Å². The number of anilines is 1. The number of benzene rings is 1. The highest BCUT2D eigenvalue weighted by atomic mass is 35.5. The summed E-state index contributed by atoms with van der Waals surface area (Å²) in [7, 11) is 0. The molecular weight excluding hydrogens is 276 g/mol. The van der Waals surface area contributed by atoms with Crippen LogP contribution in [0.25, 0.3) is 10.9 Å². The van der Waals surface area contributed by atoms with E-state index in [-0.39, 0.29) is 5.92 Å². The molecule has 1 aliphatic heterocycles. The maximum Gasteiger partial charge on any atom is 0.308 e. The fourth-order valence-electron chi connectivity index (χ4n) is 2.66. The lowest BCUT2D eigenvalue weighted by Gasteiger charge is -2.18. The molecule has 1 aromatic carbocycles. The Balaban J connectivity index is 1.98. The third-order valence-electron chi connectivity index (χ3n) is 3.85. The highest BCUT2D eigenvalue weighted by Crippen LogP contribution is 2.29. The Morgan fingerprint density at radius 1 is 1.40 bits per heavy atom. The van der Waals surface area contributed by atoms with Gasteiger partial charge in [0.2, 0.25) is 0 Å². The second kappa shape index (κ2) is 4.94. The van der Waals surface area contributed by atoms with Crippen molar-refractivity contribution in [3.63, 3.8) is 0 Å². The van der Waals surface area contributed by atoms with E-state index in [0.29, 0.717) is 18.0 Å². The molecule has 0 radical (unpaired) electrons. The zero-order valence-corrected chi connectivity index (χ0v) is 11.9. The van der Waals surface area contributed by atoms with E-state index in [1.165, 1.54) is 0 Å². The molecule has 4 nitrogen and oxygen atoms in total. The molecule has 2 heterocycles. The molecular formula is C15H15ClN2O2. The molecule has 1 fully saturated rings. The summed E-state index contributed by atoms with van der Waals surface area (Å²) in [5.41, 5.74) is 1.95. The van der Waals surface area contributed by atoms with Gasteiger partial charge in [-0.25, -0.2) is 4.98 Å². The molecule has 3 rings (SSSR count). The number of fused-ring (bicyclic) bond motifs is 1. The van der Waals surface area contributed by atoms with Gasteiger partial charge in [-0.1, -0.05) is 17.7 Å². The van der Waals surface area contributed by atoms with Gasteiger partial charge < -0.3 is 10.0 Å². The first-order valence-electron chi connectivity index (χ1n) is 6.60. The number of aryl methyl sites for hydroxylation is 1. The summed E-state index contributed by atoms with van der Waals surface area (Å²) in [6.45, 7) is 3.25. The highest BCUT2D eigenvalue weighted by molar-refractivity contribution is 6.35. The van der Waals surface area contributed by atoms with Crippen molar-refractivity contribution in [2.75, 3.05) is 18.0 Å². The zero-order valence-electron chi connectivity index (χ0n) is 11.1. The van der Waals surface area contributed by atoms with Gasteiger partial charge >= 0.3 is 5.97 Å². The number of carboxylic acid groups (broad SMARTS) is 1. The van der Waals surface area contributed by atoms with E-state index in [4.69, 9.17) is 16.7 Å². The first kappa shape index (κ1) is 13.2. The van der Waals surface area contributed by atoms with Crippen molar-refractivity contribution in [3.05, 3.63) is 34.9 Å². The second-order valence-corrected chi connectivity index (χ2v) is 5.61. The van der Waals surface area contributed by atoms with Gasteiger partial charge in [0.15, 0.2) is 0 Å². The minimum atomic E-state index is -0.729. The van der Waals surface area contributed by atoms with E-state index in [9.17, 15) is 4.79 Å². The van der Waals surface area contributed by atoms with Crippen molar-refractivity contribution >= 4 is 34.3 Å². The Labute approximate surface area is 122 Å². The molecule has 104 valence electrons. The lowest BCUT2D eigenvalue weighted by molar-refractivity contribution is -0.140. The quantitative estimate of drug-likeness (QED) is 0.923. The van der Waals surface area contributed by atoms with E-state index in [2.05, 4.69) is 4.98 Å². The molecule has 1 aromatic heterocycles. The van der Waals surface area contributed by atoms with Crippen LogP contribution < -0.4 is 4.90 Å². The third-order valence-corrected chi connectivity index (χ3v) is 4.18. The van der Waals surface area contributed by atoms with Gasteiger partial charge in [0.1, 0.15) is 5.82 Å². The average Bonchev–Trinajstić information content (AvgIpc) is 2.93. The van der Waals surface area contributed by atoms with Gasteiger partial charge in [0, 0.05) is 23.5 Å². The van der Waals surface area contributed by atoms with E-state index >= 15 is 0 Å². The molecule has 0 bridgehead atoms. The molecule has 5 heteroatoms. The number of halogens is 1. The van der Waals surface area contributed by atoms with E-state index in [1.54, 1.807) is 0 Å². The molecule has 1 aliphatic rings. The molecule has 0 saturated carbocycles. The maximum atomic E-state index is 11.0. The van der Waals surface area contributed by atoms with Gasteiger partial charge in [-0.2, -0.15) is 0 Å². The van der Waals surface area contributed by atoms with Crippen molar-refractivity contribution in [1.82, 2.24) is 4.98 Å². The third kappa shape index (κ3) is 2.20. The van der Waals surface area contributed by atoms with Gasteiger partial charge in [-0.05, 0) is 37.1 Å². The van der Waals surface area contributed by atoms with Gasteiger partial charge in [-0.3, -0.25) is 4.79 Å². The predicted molar refractivity (Wildman–Crippen MR) is 79.4 cm³/mol. The molecule has 20 heavy (non-hydrogen) atoms. The normalized spacial score (nSPS) is 18.7. The Hall–Kier alpha value is -1.81. The summed E-state index contributed by atoms with van der Waals surface area (Å²) in [5.74, 6) is -0.202. The summed E-state index contributed by atoms with van der Waals surface area (Å²) >= 11 is 6.17. The van der Waals surface area contributed by atoms with Crippen LogP contribution >= 0.6 is 11.6 Å². The second-order valence-electron chi connectivity index (χ2n) is 5.20. The topological polar surface area (TPSA) is 53.4 Å². The van der Waals surface area contributed by atoms with Crippen LogP contribution in [0.3, 0.4) is 0 Å². The van der Waals surface area contributed by atoms with Crippen LogP contribution in [0.2, 0.25) is 5.02 Å².